The Morgan fingerprint density at radius 3 is 2.18 bits per heavy atom. The molecule has 0 aliphatic carbocycles. The van der Waals surface area contributed by atoms with E-state index in [2.05, 4.69) is 34.6 Å². The van der Waals surface area contributed by atoms with E-state index >= 15 is 0 Å². The van der Waals surface area contributed by atoms with Gasteiger partial charge >= 0.3 is 0 Å². The van der Waals surface area contributed by atoms with Gasteiger partial charge in [0.2, 0.25) is 5.91 Å². The third-order valence-electron chi connectivity index (χ3n) is 6.16. The Labute approximate surface area is 169 Å². The number of piperidine rings is 1. The standard InChI is InChI=1S/C22H35N3O3/c1-17-6-5-7-18(2)25(17)22(26)16-24-12-10-23(11-13-24)15-19-8-9-20(27-3)21(14-19)28-4/h8-9,14,17-18H,5-7,10-13,15-16H2,1-4H3/t17-,18-/m1/s1. The van der Waals surface area contributed by atoms with Gasteiger partial charge < -0.3 is 14.4 Å². The number of methoxy groups -OCH3 is 2. The fourth-order valence-corrected chi connectivity index (χ4v) is 4.53. The van der Waals surface area contributed by atoms with Gasteiger partial charge in [-0.3, -0.25) is 14.6 Å². The quantitative estimate of drug-likeness (QED) is 0.748. The lowest BCUT2D eigenvalue weighted by molar-refractivity contribution is -0.139. The van der Waals surface area contributed by atoms with Crippen LogP contribution in [0.1, 0.15) is 38.7 Å². The molecule has 1 amide bonds. The minimum atomic E-state index is 0.299. The molecule has 6 heteroatoms. The third kappa shape index (κ3) is 4.97. The van der Waals surface area contributed by atoms with Crippen LogP contribution in [0.3, 0.4) is 0 Å². The van der Waals surface area contributed by atoms with Crippen molar-refractivity contribution in [2.45, 2.75) is 51.7 Å². The molecule has 0 spiro atoms. The first-order valence-electron chi connectivity index (χ1n) is 10.5. The van der Waals surface area contributed by atoms with Crippen molar-refractivity contribution in [1.82, 2.24) is 14.7 Å². The summed E-state index contributed by atoms with van der Waals surface area (Å²) < 4.78 is 10.7. The van der Waals surface area contributed by atoms with Gasteiger partial charge in [0.1, 0.15) is 0 Å². The molecule has 2 heterocycles. The summed E-state index contributed by atoms with van der Waals surface area (Å²) in [6, 6.07) is 6.86. The van der Waals surface area contributed by atoms with Crippen molar-refractivity contribution in [3.8, 4) is 11.5 Å². The lowest BCUT2D eigenvalue weighted by Crippen LogP contribution is -2.54. The number of carbonyl (C=O) groups excluding carboxylic acids is 1. The van der Waals surface area contributed by atoms with Crippen molar-refractivity contribution >= 4 is 5.91 Å². The number of piperazine rings is 1. The molecule has 2 atom stereocenters. The highest BCUT2D eigenvalue weighted by molar-refractivity contribution is 5.79. The van der Waals surface area contributed by atoms with Crippen LogP contribution in [0.25, 0.3) is 0 Å². The van der Waals surface area contributed by atoms with Crippen LogP contribution in [0.15, 0.2) is 18.2 Å². The maximum Gasteiger partial charge on any atom is 0.237 e. The zero-order valence-corrected chi connectivity index (χ0v) is 17.8. The summed E-state index contributed by atoms with van der Waals surface area (Å²) in [6.07, 6.45) is 3.51. The van der Waals surface area contributed by atoms with Crippen LogP contribution in [-0.4, -0.2) is 79.6 Å². The smallest absolute Gasteiger partial charge is 0.237 e. The summed E-state index contributed by atoms with van der Waals surface area (Å²) >= 11 is 0. The van der Waals surface area contributed by atoms with E-state index in [4.69, 9.17) is 9.47 Å². The van der Waals surface area contributed by atoms with Gasteiger partial charge in [0.05, 0.1) is 20.8 Å². The zero-order chi connectivity index (χ0) is 20.1. The van der Waals surface area contributed by atoms with Gasteiger partial charge in [-0.15, -0.1) is 0 Å². The second-order valence-electron chi connectivity index (χ2n) is 8.17. The molecule has 3 rings (SSSR count). The van der Waals surface area contributed by atoms with Gasteiger partial charge in [-0.05, 0) is 50.8 Å². The molecular formula is C22H35N3O3. The second kappa shape index (κ2) is 9.61. The van der Waals surface area contributed by atoms with E-state index in [-0.39, 0.29) is 0 Å². The largest absolute Gasteiger partial charge is 0.493 e. The molecule has 2 aliphatic rings. The summed E-state index contributed by atoms with van der Waals surface area (Å²) in [5, 5.41) is 0. The minimum Gasteiger partial charge on any atom is -0.493 e. The van der Waals surface area contributed by atoms with Crippen LogP contribution < -0.4 is 9.47 Å². The van der Waals surface area contributed by atoms with Gasteiger partial charge in [0.25, 0.3) is 0 Å². The van der Waals surface area contributed by atoms with E-state index in [0.29, 0.717) is 24.5 Å². The predicted molar refractivity (Wildman–Crippen MR) is 111 cm³/mol. The first-order valence-corrected chi connectivity index (χ1v) is 10.5. The Kier molecular flexibility index (Phi) is 7.18. The number of hydrogen-bond donors (Lipinski definition) is 0. The van der Waals surface area contributed by atoms with Crippen molar-refractivity contribution in [2.75, 3.05) is 46.9 Å². The van der Waals surface area contributed by atoms with Crippen molar-refractivity contribution in [3.05, 3.63) is 23.8 Å². The first-order chi connectivity index (χ1) is 13.5. The third-order valence-corrected chi connectivity index (χ3v) is 6.16. The normalized spacial score (nSPS) is 24.2. The van der Waals surface area contributed by atoms with Crippen LogP contribution in [0.5, 0.6) is 11.5 Å². The number of nitrogens with zero attached hydrogens (tertiary/aromatic N) is 3. The number of carbonyl (C=O) groups is 1. The summed E-state index contributed by atoms with van der Waals surface area (Å²) in [4.78, 5) is 19.7. The summed E-state index contributed by atoms with van der Waals surface area (Å²) in [5.41, 5.74) is 1.22. The van der Waals surface area contributed by atoms with Crippen LogP contribution in [0.4, 0.5) is 0 Å². The van der Waals surface area contributed by atoms with Gasteiger partial charge in [-0.25, -0.2) is 0 Å². The Bertz CT molecular complexity index is 648. The van der Waals surface area contributed by atoms with Crippen molar-refractivity contribution in [2.24, 2.45) is 0 Å². The molecule has 28 heavy (non-hydrogen) atoms. The van der Waals surface area contributed by atoms with Crippen LogP contribution in [0.2, 0.25) is 0 Å². The average Bonchev–Trinajstić information content (AvgIpc) is 2.69. The monoisotopic (exact) mass is 389 g/mol. The van der Waals surface area contributed by atoms with Crippen LogP contribution in [-0.2, 0) is 11.3 Å². The lowest BCUT2D eigenvalue weighted by atomic mass is 9.97. The highest BCUT2D eigenvalue weighted by Crippen LogP contribution is 2.28. The highest BCUT2D eigenvalue weighted by atomic mass is 16.5. The maximum atomic E-state index is 12.8. The summed E-state index contributed by atoms with van der Waals surface area (Å²) in [5.74, 6) is 1.83. The molecule has 1 aromatic carbocycles. The number of benzene rings is 1. The van der Waals surface area contributed by atoms with Crippen molar-refractivity contribution < 1.29 is 14.3 Å². The number of likely N-dealkylation sites (tertiary alicyclic amines) is 1. The highest BCUT2D eigenvalue weighted by Gasteiger charge is 2.30. The molecule has 0 radical (unpaired) electrons. The van der Waals surface area contributed by atoms with E-state index in [1.807, 2.05) is 12.1 Å². The van der Waals surface area contributed by atoms with E-state index in [0.717, 1.165) is 57.1 Å². The van der Waals surface area contributed by atoms with Gasteiger partial charge in [-0.1, -0.05) is 6.07 Å². The van der Waals surface area contributed by atoms with Gasteiger partial charge in [-0.2, -0.15) is 0 Å². The number of hydrogen-bond acceptors (Lipinski definition) is 5. The molecule has 0 N–H and O–H groups in total. The van der Waals surface area contributed by atoms with Crippen molar-refractivity contribution in [3.63, 3.8) is 0 Å². The molecule has 2 fully saturated rings. The summed E-state index contributed by atoms with van der Waals surface area (Å²) in [7, 11) is 3.32. The molecule has 0 saturated carbocycles. The molecule has 2 saturated heterocycles. The Morgan fingerprint density at radius 1 is 0.964 bits per heavy atom. The molecule has 2 aliphatic heterocycles. The number of ether oxygens (including phenoxy) is 2. The fraction of sp³-hybridized carbons (Fsp3) is 0.682. The maximum absolute atomic E-state index is 12.8. The van der Waals surface area contributed by atoms with E-state index < -0.39 is 0 Å². The molecule has 0 bridgehead atoms. The zero-order valence-electron chi connectivity index (χ0n) is 17.8. The van der Waals surface area contributed by atoms with Crippen LogP contribution >= 0.6 is 0 Å². The second-order valence-corrected chi connectivity index (χ2v) is 8.17. The molecule has 1 aromatic rings. The topological polar surface area (TPSA) is 45.2 Å². The SMILES string of the molecule is COc1ccc(CN2CCN(CC(=O)N3[C@H](C)CCC[C@H]3C)CC2)cc1OC. The van der Waals surface area contributed by atoms with E-state index in [1.54, 1.807) is 14.2 Å². The molecular weight excluding hydrogens is 354 g/mol. The molecule has 6 nitrogen and oxygen atoms in total. The van der Waals surface area contributed by atoms with Gasteiger partial charge in [0, 0.05) is 44.8 Å². The summed E-state index contributed by atoms with van der Waals surface area (Å²) in [6.45, 7) is 9.66. The van der Waals surface area contributed by atoms with Crippen LogP contribution in [0, 0.1) is 0 Å². The fourth-order valence-electron chi connectivity index (χ4n) is 4.53. The molecule has 156 valence electrons. The number of amides is 1. The average molecular weight is 390 g/mol. The Morgan fingerprint density at radius 2 is 1.57 bits per heavy atom. The van der Waals surface area contributed by atoms with E-state index in [9.17, 15) is 4.79 Å². The Hall–Kier alpha value is -1.79. The lowest BCUT2D eigenvalue weighted by Gasteiger charge is -2.41. The Balaban J connectivity index is 1.48. The van der Waals surface area contributed by atoms with Crippen molar-refractivity contribution in [1.29, 1.82) is 0 Å². The van der Waals surface area contributed by atoms with Gasteiger partial charge in [0.15, 0.2) is 11.5 Å². The number of rotatable bonds is 6. The molecule has 0 unspecified atom stereocenters. The first kappa shape index (κ1) is 20.9. The predicted octanol–water partition coefficient (Wildman–Crippen LogP) is 2.61. The molecule has 0 aromatic heterocycles. The van der Waals surface area contributed by atoms with E-state index in [1.165, 1.54) is 12.0 Å². The minimum absolute atomic E-state index is 0.299.